The van der Waals surface area contributed by atoms with Gasteiger partial charge in [-0.25, -0.2) is 4.68 Å². The molecule has 1 fully saturated rings. The van der Waals surface area contributed by atoms with Crippen molar-refractivity contribution in [1.29, 1.82) is 0 Å². The normalized spacial score (nSPS) is 17.3. The molecule has 0 radical (unpaired) electrons. The van der Waals surface area contributed by atoms with Gasteiger partial charge in [0, 0.05) is 37.7 Å². The Labute approximate surface area is 182 Å². The van der Waals surface area contributed by atoms with Gasteiger partial charge in [0.2, 0.25) is 5.88 Å². The molecule has 1 amide bonds. The fourth-order valence-electron chi connectivity index (χ4n) is 3.22. The van der Waals surface area contributed by atoms with Gasteiger partial charge in [-0.05, 0) is 18.6 Å². The molecule has 1 aliphatic carbocycles. The van der Waals surface area contributed by atoms with Crippen LogP contribution in [0.15, 0.2) is 35.4 Å². The van der Waals surface area contributed by atoms with Gasteiger partial charge in [0.15, 0.2) is 0 Å². The van der Waals surface area contributed by atoms with E-state index in [1.165, 1.54) is 24.0 Å². The zero-order valence-electron chi connectivity index (χ0n) is 17.2. The lowest BCUT2D eigenvalue weighted by molar-refractivity contribution is 0.102. The number of anilines is 1. The molecule has 162 valence electrons. The van der Waals surface area contributed by atoms with Gasteiger partial charge in [-0.15, -0.1) is 5.10 Å². The number of aryl methyl sites for hydroxylation is 2. The summed E-state index contributed by atoms with van der Waals surface area (Å²) in [5, 5.41) is 10.8. The number of methoxy groups -OCH3 is 1. The Balaban J connectivity index is 1.41. The van der Waals surface area contributed by atoms with E-state index in [9.17, 15) is 9.59 Å². The third kappa shape index (κ3) is 4.38. The van der Waals surface area contributed by atoms with Crippen molar-refractivity contribution >= 4 is 23.2 Å². The van der Waals surface area contributed by atoms with E-state index in [0.29, 0.717) is 24.2 Å². The maximum Gasteiger partial charge on any atom is 0.290 e. The fourth-order valence-corrected chi connectivity index (χ4v) is 3.40. The number of carbonyl (C=O) groups excluding carboxylic acids is 1. The number of rotatable bonds is 7. The van der Waals surface area contributed by atoms with Gasteiger partial charge in [-0.3, -0.25) is 19.3 Å². The van der Waals surface area contributed by atoms with Crippen LogP contribution in [0.5, 0.6) is 11.6 Å². The van der Waals surface area contributed by atoms with Crippen LogP contribution in [-0.2, 0) is 14.1 Å². The van der Waals surface area contributed by atoms with Gasteiger partial charge in [-0.1, -0.05) is 11.6 Å². The molecule has 2 unspecified atom stereocenters. The SMILES string of the molecule is COc1ccc(C2CC2COc2cc(NC(=O)c3cnn(C)c3Cl)c(=O)n(C)n2)nc1. The second kappa shape index (κ2) is 8.38. The van der Waals surface area contributed by atoms with Crippen LogP contribution in [0.2, 0.25) is 5.15 Å². The van der Waals surface area contributed by atoms with E-state index in [1.807, 2.05) is 12.1 Å². The molecule has 11 heteroatoms. The van der Waals surface area contributed by atoms with Crippen LogP contribution in [0.3, 0.4) is 0 Å². The monoisotopic (exact) mass is 444 g/mol. The summed E-state index contributed by atoms with van der Waals surface area (Å²) in [6.45, 7) is 0.422. The van der Waals surface area contributed by atoms with Crippen LogP contribution in [0, 0.1) is 5.92 Å². The van der Waals surface area contributed by atoms with Crippen LogP contribution in [-0.4, -0.2) is 44.2 Å². The smallest absolute Gasteiger partial charge is 0.290 e. The third-order valence-corrected chi connectivity index (χ3v) is 5.59. The van der Waals surface area contributed by atoms with Crippen molar-refractivity contribution in [3.8, 4) is 11.6 Å². The number of pyridine rings is 1. The maximum atomic E-state index is 12.5. The Morgan fingerprint density at radius 1 is 1.29 bits per heavy atom. The van der Waals surface area contributed by atoms with Crippen molar-refractivity contribution < 1.29 is 14.3 Å². The van der Waals surface area contributed by atoms with Crippen LogP contribution in [0.25, 0.3) is 0 Å². The highest BCUT2D eigenvalue weighted by atomic mass is 35.5. The number of hydrogen-bond donors (Lipinski definition) is 1. The molecule has 0 aromatic carbocycles. The van der Waals surface area contributed by atoms with Gasteiger partial charge >= 0.3 is 0 Å². The molecule has 1 N–H and O–H groups in total. The summed E-state index contributed by atoms with van der Waals surface area (Å²) in [4.78, 5) is 29.3. The fraction of sp³-hybridized carbons (Fsp3) is 0.350. The first-order valence-electron chi connectivity index (χ1n) is 9.57. The number of hydrogen-bond acceptors (Lipinski definition) is 7. The van der Waals surface area contributed by atoms with Gasteiger partial charge in [0.1, 0.15) is 16.6 Å². The van der Waals surface area contributed by atoms with Gasteiger partial charge < -0.3 is 14.8 Å². The zero-order chi connectivity index (χ0) is 22.1. The van der Waals surface area contributed by atoms with Crippen LogP contribution in [0.1, 0.15) is 28.4 Å². The molecule has 3 aromatic heterocycles. The van der Waals surface area contributed by atoms with Gasteiger partial charge in [-0.2, -0.15) is 5.10 Å². The topological polar surface area (TPSA) is 113 Å². The van der Waals surface area contributed by atoms with E-state index in [-0.39, 0.29) is 22.3 Å². The lowest BCUT2D eigenvalue weighted by Gasteiger charge is -2.10. The molecule has 3 heterocycles. The average Bonchev–Trinajstić information content (AvgIpc) is 3.47. The van der Waals surface area contributed by atoms with Crippen LogP contribution >= 0.6 is 11.6 Å². The number of nitrogens with one attached hydrogen (secondary N) is 1. The molecule has 4 rings (SSSR count). The minimum Gasteiger partial charge on any atom is -0.495 e. The lowest BCUT2D eigenvalue weighted by Crippen LogP contribution is -2.26. The van der Waals surface area contributed by atoms with Crippen molar-refractivity contribution in [3.05, 3.63) is 57.4 Å². The molecule has 3 aromatic rings. The number of carbonyl (C=O) groups is 1. The Kier molecular flexibility index (Phi) is 5.64. The van der Waals surface area contributed by atoms with E-state index in [1.54, 1.807) is 20.4 Å². The van der Waals surface area contributed by atoms with Crippen LogP contribution < -0.4 is 20.3 Å². The largest absolute Gasteiger partial charge is 0.495 e. The average molecular weight is 445 g/mol. The number of nitrogens with zero attached hydrogens (tertiary/aromatic N) is 5. The second-order valence-electron chi connectivity index (χ2n) is 7.29. The van der Waals surface area contributed by atoms with Crippen molar-refractivity contribution in [2.24, 2.45) is 20.0 Å². The molecule has 2 atom stereocenters. The summed E-state index contributed by atoms with van der Waals surface area (Å²) in [6, 6.07) is 5.25. The number of halogens is 1. The highest BCUT2D eigenvalue weighted by molar-refractivity contribution is 6.33. The molecule has 0 saturated heterocycles. The molecule has 0 spiro atoms. The Bertz CT molecular complexity index is 1170. The van der Waals surface area contributed by atoms with E-state index in [2.05, 4.69) is 20.5 Å². The van der Waals surface area contributed by atoms with E-state index < -0.39 is 11.5 Å². The first-order chi connectivity index (χ1) is 14.9. The lowest BCUT2D eigenvalue weighted by atomic mass is 10.2. The highest BCUT2D eigenvalue weighted by Gasteiger charge is 2.40. The predicted molar refractivity (Wildman–Crippen MR) is 113 cm³/mol. The first kappa shape index (κ1) is 20.9. The molecule has 1 saturated carbocycles. The Hall–Kier alpha value is -3.40. The molecule has 1 aliphatic rings. The van der Waals surface area contributed by atoms with Gasteiger partial charge in [0.25, 0.3) is 11.5 Å². The van der Waals surface area contributed by atoms with Crippen molar-refractivity contribution in [2.75, 3.05) is 19.0 Å². The van der Waals surface area contributed by atoms with E-state index in [4.69, 9.17) is 21.1 Å². The molecular formula is C20H21ClN6O4. The summed E-state index contributed by atoms with van der Waals surface area (Å²) in [5.41, 5.74) is 0.733. The minimum atomic E-state index is -0.541. The number of ether oxygens (including phenoxy) is 2. The molecule has 31 heavy (non-hydrogen) atoms. The summed E-state index contributed by atoms with van der Waals surface area (Å²) >= 11 is 6.05. The quantitative estimate of drug-likeness (QED) is 0.593. The standard InChI is InChI=1S/C20H21ClN6O4/c1-26-18(21)14(9-23-26)19(28)24-16-7-17(25-27(2)20(16)29)31-10-11-6-13(11)15-5-4-12(30-3)8-22-15/h4-5,7-9,11,13H,6,10H2,1-3H3,(H,24,28). The summed E-state index contributed by atoms with van der Waals surface area (Å²) in [6.07, 6.45) is 3.99. The Morgan fingerprint density at radius 2 is 2.10 bits per heavy atom. The van der Waals surface area contributed by atoms with Crippen molar-refractivity contribution in [1.82, 2.24) is 24.5 Å². The second-order valence-corrected chi connectivity index (χ2v) is 7.65. The molecule has 10 nitrogen and oxygen atoms in total. The highest BCUT2D eigenvalue weighted by Crippen LogP contribution is 2.46. The minimum absolute atomic E-state index is 0.0431. The van der Waals surface area contributed by atoms with Gasteiger partial charge in [0.05, 0.1) is 31.7 Å². The maximum absolute atomic E-state index is 12.5. The van der Waals surface area contributed by atoms with Crippen molar-refractivity contribution in [2.45, 2.75) is 12.3 Å². The predicted octanol–water partition coefficient (Wildman–Crippen LogP) is 2.01. The molecule has 0 aliphatic heterocycles. The first-order valence-corrected chi connectivity index (χ1v) is 9.95. The molecule has 0 bridgehead atoms. The summed E-state index contributed by atoms with van der Waals surface area (Å²) in [7, 11) is 4.71. The summed E-state index contributed by atoms with van der Waals surface area (Å²) < 4.78 is 13.4. The summed E-state index contributed by atoms with van der Waals surface area (Å²) in [5.74, 6) is 1.02. The van der Waals surface area contributed by atoms with E-state index >= 15 is 0 Å². The third-order valence-electron chi connectivity index (χ3n) is 5.14. The number of aromatic nitrogens is 5. The molecular weight excluding hydrogens is 424 g/mol. The number of amides is 1. The van der Waals surface area contributed by atoms with E-state index in [0.717, 1.165) is 16.8 Å². The van der Waals surface area contributed by atoms with Crippen LogP contribution in [0.4, 0.5) is 5.69 Å². The zero-order valence-corrected chi connectivity index (χ0v) is 18.0. The van der Waals surface area contributed by atoms with Crippen molar-refractivity contribution in [3.63, 3.8) is 0 Å². The Morgan fingerprint density at radius 3 is 2.74 bits per heavy atom.